The lowest BCUT2D eigenvalue weighted by atomic mass is 10.2. The van der Waals surface area contributed by atoms with Crippen LogP contribution in [0.1, 0.15) is 17.5 Å². The second kappa shape index (κ2) is 4.06. The number of H-pyrrole nitrogens is 1. The second-order valence-electron chi connectivity index (χ2n) is 3.33. The molecular formula is C11H8ClFN2O. The Hall–Kier alpha value is -1.68. The maximum atomic E-state index is 12.9. The van der Waals surface area contributed by atoms with Crippen LogP contribution >= 0.6 is 11.6 Å². The van der Waals surface area contributed by atoms with Crippen molar-refractivity contribution >= 4 is 17.4 Å². The number of hydrogen-bond acceptors (Lipinski definition) is 2. The number of imidazole rings is 1. The molecule has 0 fully saturated rings. The van der Waals surface area contributed by atoms with Crippen LogP contribution in [0.25, 0.3) is 11.3 Å². The van der Waals surface area contributed by atoms with Gasteiger partial charge in [-0.15, -0.1) is 0 Å². The molecule has 1 aromatic carbocycles. The normalized spacial score (nSPS) is 10.4. The van der Waals surface area contributed by atoms with Crippen molar-refractivity contribution in [3.05, 3.63) is 41.1 Å². The topological polar surface area (TPSA) is 45.8 Å². The first-order valence-corrected chi connectivity index (χ1v) is 4.97. The molecule has 0 atom stereocenters. The molecule has 3 nitrogen and oxygen atoms in total. The fourth-order valence-electron chi connectivity index (χ4n) is 1.31. The van der Waals surface area contributed by atoms with Crippen LogP contribution in [-0.2, 0) is 0 Å². The first-order valence-electron chi connectivity index (χ1n) is 4.59. The number of carbonyl (C=O) groups excluding carboxylic acids is 1. The summed E-state index contributed by atoms with van der Waals surface area (Å²) in [5, 5.41) is 0.0384. The Kier molecular flexibility index (Phi) is 2.75. The fraction of sp³-hybridized carbons (Fsp3) is 0.0909. The molecule has 82 valence electrons. The third-order valence-electron chi connectivity index (χ3n) is 2.14. The maximum Gasteiger partial charge on any atom is 0.194 e. The van der Waals surface area contributed by atoms with Crippen molar-refractivity contribution in [1.29, 1.82) is 0 Å². The zero-order chi connectivity index (χ0) is 11.7. The van der Waals surface area contributed by atoms with Crippen LogP contribution in [0.3, 0.4) is 0 Å². The van der Waals surface area contributed by atoms with E-state index in [4.69, 9.17) is 11.6 Å². The van der Waals surface area contributed by atoms with Crippen molar-refractivity contribution < 1.29 is 9.18 Å². The minimum absolute atomic E-state index is 0.0384. The molecule has 0 spiro atoms. The van der Waals surface area contributed by atoms with Gasteiger partial charge in [0.15, 0.2) is 11.6 Å². The second-order valence-corrected chi connectivity index (χ2v) is 3.74. The molecule has 0 saturated heterocycles. The summed E-state index contributed by atoms with van der Waals surface area (Å²) in [7, 11) is 0. The van der Waals surface area contributed by atoms with Gasteiger partial charge in [0.2, 0.25) is 0 Å². The fourth-order valence-corrected chi connectivity index (χ4v) is 1.49. The van der Waals surface area contributed by atoms with Crippen molar-refractivity contribution in [2.45, 2.75) is 6.92 Å². The van der Waals surface area contributed by atoms with Gasteiger partial charge < -0.3 is 4.98 Å². The third kappa shape index (κ3) is 1.97. The van der Waals surface area contributed by atoms with Crippen LogP contribution < -0.4 is 0 Å². The number of hydrogen-bond donors (Lipinski definition) is 1. The minimum atomic E-state index is -0.475. The maximum absolute atomic E-state index is 12.9. The molecule has 0 radical (unpaired) electrons. The Labute approximate surface area is 96.3 Å². The lowest BCUT2D eigenvalue weighted by Gasteiger charge is -1.99. The number of nitrogens with one attached hydrogen (secondary N) is 1. The Morgan fingerprint density at radius 1 is 1.50 bits per heavy atom. The summed E-state index contributed by atoms with van der Waals surface area (Å²) in [6.45, 7) is 1.42. The van der Waals surface area contributed by atoms with Gasteiger partial charge in [-0.1, -0.05) is 11.6 Å². The molecule has 2 rings (SSSR count). The van der Waals surface area contributed by atoms with E-state index in [1.165, 1.54) is 25.3 Å². The van der Waals surface area contributed by atoms with Gasteiger partial charge in [0.25, 0.3) is 0 Å². The first-order chi connectivity index (χ1) is 7.58. The molecule has 1 aromatic heterocycles. The average molecular weight is 239 g/mol. The summed E-state index contributed by atoms with van der Waals surface area (Å²) in [5.74, 6) is -0.355. The molecule has 0 bridgehead atoms. The molecule has 0 aliphatic carbocycles. The summed E-state index contributed by atoms with van der Waals surface area (Å²) < 4.78 is 12.9. The number of rotatable bonds is 2. The van der Waals surface area contributed by atoms with Crippen molar-refractivity contribution in [2.75, 3.05) is 0 Å². The Morgan fingerprint density at radius 3 is 2.81 bits per heavy atom. The van der Waals surface area contributed by atoms with E-state index in [9.17, 15) is 9.18 Å². The van der Waals surface area contributed by atoms with Crippen LogP contribution in [0.15, 0.2) is 24.4 Å². The summed E-state index contributed by atoms with van der Waals surface area (Å²) in [4.78, 5) is 17.8. The number of aromatic amines is 1. The lowest BCUT2D eigenvalue weighted by Crippen LogP contribution is -1.94. The smallest absolute Gasteiger partial charge is 0.194 e. The highest BCUT2D eigenvalue weighted by Gasteiger charge is 2.08. The number of Topliss-reactive ketones (excluding diaryl/α,β-unsaturated/α-hetero) is 1. The molecular weight excluding hydrogens is 231 g/mol. The summed E-state index contributed by atoms with van der Waals surface area (Å²) in [6.07, 6.45) is 1.51. The van der Waals surface area contributed by atoms with Crippen LogP contribution in [0, 0.1) is 5.82 Å². The molecule has 1 N–H and O–H groups in total. The van der Waals surface area contributed by atoms with Crippen molar-refractivity contribution in [1.82, 2.24) is 9.97 Å². The standard InChI is InChI=1S/C11H8ClFN2O/c1-6(16)11-14-5-10(15-11)7-2-3-9(13)8(12)4-7/h2-5H,1H3,(H,14,15). The Balaban J connectivity index is 2.42. The molecule has 2 aromatic rings. The van der Waals surface area contributed by atoms with E-state index in [0.717, 1.165) is 0 Å². The Bertz CT molecular complexity index is 551. The lowest BCUT2D eigenvalue weighted by molar-refractivity contribution is 0.100. The van der Waals surface area contributed by atoms with Crippen LogP contribution in [0.5, 0.6) is 0 Å². The van der Waals surface area contributed by atoms with Gasteiger partial charge in [0.05, 0.1) is 16.9 Å². The quantitative estimate of drug-likeness (QED) is 0.818. The number of ketones is 1. The van der Waals surface area contributed by atoms with E-state index in [0.29, 0.717) is 11.3 Å². The van der Waals surface area contributed by atoms with Crippen LogP contribution in [0.4, 0.5) is 4.39 Å². The SMILES string of the molecule is CC(=O)c1ncc(-c2ccc(F)c(Cl)c2)[nH]1. The summed E-state index contributed by atoms with van der Waals surface area (Å²) in [6, 6.07) is 4.32. The number of benzene rings is 1. The van der Waals surface area contributed by atoms with Gasteiger partial charge in [-0.3, -0.25) is 4.79 Å². The first kappa shape index (κ1) is 10.8. The largest absolute Gasteiger partial charge is 0.336 e. The molecule has 0 saturated carbocycles. The molecule has 0 amide bonds. The van der Waals surface area contributed by atoms with Gasteiger partial charge in [-0.2, -0.15) is 0 Å². The molecule has 16 heavy (non-hydrogen) atoms. The molecule has 1 heterocycles. The minimum Gasteiger partial charge on any atom is -0.336 e. The van der Waals surface area contributed by atoms with E-state index in [2.05, 4.69) is 9.97 Å². The van der Waals surface area contributed by atoms with Crippen molar-refractivity contribution in [2.24, 2.45) is 0 Å². The highest BCUT2D eigenvalue weighted by molar-refractivity contribution is 6.31. The molecule has 5 heteroatoms. The predicted octanol–water partition coefficient (Wildman–Crippen LogP) is 3.07. The average Bonchev–Trinajstić information content (AvgIpc) is 2.71. The van der Waals surface area contributed by atoms with E-state index in [-0.39, 0.29) is 16.6 Å². The zero-order valence-corrected chi connectivity index (χ0v) is 9.18. The van der Waals surface area contributed by atoms with Crippen LogP contribution in [0.2, 0.25) is 5.02 Å². The zero-order valence-electron chi connectivity index (χ0n) is 8.42. The third-order valence-corrected chi connectivity index (χ3v) is 2.43. The number of aromatic nitrogens is 2. The van der Waals surface area contributed by atoms with Gasteiger partial charge in [0, 0.05) is 12.5 Å². The van der Waals surface area contributed by atoms with E-state index in [1.54, 1.807) is 6.07 Å². The predicted molar refractivity (Wildman–Crippen MR) is 59.0 cm³/mol. The van der Waals surface area contributed by atoms with Gasteiger partial charge in [0.1, 0.15) is 5.82 Å². The van der Waals surface area contributed by atoms with Crippen LogP contribution in [-0.4, -0.2) is 15.8 Å². The monoisotopic (exact) mass is 238 g/mol. The highest BCUT2D eigenvalue weighted by Crippen LogP contribution is 2.23. The van der Waals surface area contributed by atoms with E-state index >= 15 is 0 Å². The van der Waals surface area contributed by atoms with E-state index in [1.807, 2.05) is 0 Å². The summed E-state index contributed by atoms with van der Waals surface area (Å²) >= 11 is 5.66. The molecule has 0 aliphatic heterocycles. The number of halogens is 2. The summed E-state index contributed by atoms with van der Waals surface area (Å²) in [5.41, 5.74) is 1.32. The van der Waals surface area contributed by atoms with E-state index < -0.39 is 5.82 Å². The van der Waals surface area contributed by atoms with Crippen molar-refractivity contribution in [3.63, 3.8) is 0 Å². The van der Waals surface area contributed by atoms with Gasteiger partial charge in [-0.25, -0.2) is 9.37 Å². The molecule has 0 aliphatic rings. The number of carbonyl (C=O) groups is 1. The Morgan fingerprint density at radius 2 is 2.25 bits per heavy atom. The number of nitrogens with zero attached hydrogens (tertiary/aromatic N) is 1. The van der Waals surface area contributed by atoms with Crippen molar-refractivity contribution in [3.8, 4) is 11.3 Å². The van der Waals surface area contributed by atoms with Gasteiger partial charge in [-0.05, 0) is 18.2 Å². The molecule has 0 unspecified atom stereocenters. The van der Waals surface area contributed by atoms with Gasteiger partial charge >= 0.3 is 0 Å². The highest BCUT2D eigenvalue weighted by atomic mass is 35.5.